The molecule has 0 aliphatic heterocycles. The van der Waals surface area contributed by atoms with Gasteiger partial charge in [0.15, 0.2) is 0 Å². The van der Waals surface area contributed by atoms with Crippen LogP contribution in [0.3, 0.4) is 0 Å². The van der Waals surface area contributed by atoms with Crippen molar-refractivity contribution in [3.8, 4) is 5.75 Å². The Kier molecular flexibility index (Phi) is 6.10. The van der Waals surface area contributed by atoms with Crippen molar-refractivity contribution < 1.29 is 14.3 Å². The van der Waals surface area contributed by atoms with Gasteiger partial charge in [-0.1, -0.05) is 30.3 Å². The van der Waals surface area contributed by atoms with E-state index in [0.29, 0.717) is 17.1 Å². The summed E-state index contributed by atoms with van der Waals surface area (Å²) >= 11 is 0. The second-order valence-electron chi connectivity index (χ2n) is 4.90. The molecule has 0 aliphatic rings. The summed E-state index contributed by atoms with van der Waals surface area (Å²) in [5.74, 6) is -0.119. The summed E-state index contributed by atoms with van der Waals surface area (Å²) in [4.78, 5) is 23.6. The number of amides is 2. The predicted octanol–water partition coefficient (Wildman–Crippen LogP) is 2.24. The van der Waals surface area contributed by atoms with Crippen LogP contribution >= 0.6 is 0 Å². The average Bonchev–Trinajstić information content (AvgIpc) is 2.62. The van der Waals surface area contributed by atoms with E-state index >= 15 is 0 Å². The van der Waals surface area contributed by atoms with Crippen LogP contribution in [-0.4, -0.2) is 25.5 Å². The lowest BCUT2D eigenvalue weighted by Gasteiger charge is -2.12. The molecular formula is C18H19N3O3. The van der Waals surface area contributed by atoms with Gasteiger partial charge in [-0.25, -0.2) is 0 Å². The van der Waals surface area contributed by atoms with E-state index in [-0.39, 0.29) is 18.4 Å². The highest BCUT2D eigenvalue weighted by molar-refractivity contribution is 6.05. The van der Waals surface area contributed by atoms with Crippen LogP contribution < -0.4 is 21.1 Å². The molecule has 124 valence electrons. The summed E-state index contributed by atoms with van der Waals surface area (Å²) in [5, 5.41) is 5.36. The molecule has 24 heavy (non-hydrogen) atoms. The number of nitrogens with one attached hydrogen (secondary N) is 2. The van der Waals surface area contributed by atoms with Crippen LogP contribution in [0.5, 0.6) is 5.75 Å². The zero-order chi connectivity index (χ0) is 17.4. The molecule has 0 bridgehead atoms. The summed E-state index contributed by atoms with van der Waals surface area (Å²) in [6.45, 7) is -0.154. The van der Waals surface area contributed by atoms with Crippen LogP contribution in [0.25, 0.3) is 6.08 Å². The summed E-state index contributed by atoms with van der Waals surface area (Å²) in [5.41, 5.74) is 7.11. The van der Waals surface area contributed by atoms with Crippen LogP contribution in [0.15, 0.2) is 54.6 Å². The van der Waals surface area contributed by atoms with Gasteiger partial charge in [0.2, 0.25) is 11.8 Å². The molecule has 0 spiro atoms. The van der Waals surface area contributed by atoms with Crippen LogP contribution in [0, 0.1) is 0 Å². The number of rotatable bonds is 6. The van der Waals surface area contributed by atoms with Crippen molar-refractivity contribution in [1.29, 1.82) is 0 Å². The van der Waals surface area contributed by atoms with Gasteiger partial charge in [0, 0.05) is 12.1 Å². The molecule has 6 nitrogen and oxygen atoms in total. The Labute approximate surface area is 140 Å². The maximum Gasteiger partial charge on any atom is 0.248 e. The Morgan fingerprint density at radius 3 is 2.50 bits per heavy atom. The van der Waals surface area contributed by atoms with E-state index in [0.717, 1.165) is 5.56 Å². The Hall–Kier alpha value is -3.12. The van der Waals surface area contributed by atoms with Gasteiger partial charge in [-0.15, -0.1) is 0 Å². The Morgan fingerprint density at radius 2 is 1.83 bits per heavy atom. The molecule has 0 unspecified atom stereocenters. The molecule has 0 saturated carbocycles. The lowest BCUT2D eigenvalue weighted by molar-refractivity contribution is -0.115. The highest BCUT2D eigenvalue weighted by atomic mass is 16.5. The van der Waals surface area contributed by atoms with Crippen molar-refractivity contribution in [2.75, 3.05) is 24.3 Å². The fraction of sp³-hybridized carbons (Fsp3) is 0.111. The van der Waals surface area contributed by atoms with Crippen molar-refractivity contribution >= 4 is 29.3 Å². The highest BCUT2D eigenvalue weighted by Crippen LogP contribution is 2.27. The Balaban J connectivity index is 2.14. The maximum absolute atomic E-state index is 12.1. The third kappa shape index (κ3) is 4.96. The lowest BCUT2D eigenvalue weighted by Crippen LogP contribution is -2.23. The molecule has 2 aromatic carbocycles. The van der Waals surface area contributed by atoms with Crippen molar-refractivity contribution in [3.05, 3.63) is 60.2 Å². The Morgan fingerprint density at radius 1 is 1.08 bits per heavy atom. The fourth-order valence-corrected chi connectivity index (χ4v) is 1.97. The van der Waals surface area contributed by atoms with Crippen LogP contribution in [0.4, 0.5) is 11.4 Å². The van der Waals surface area contributed by atoms with Crippen molar-refractivity contribution in [2.45, 2.75) is 0 Å². The molecule has 0 atom stereocenters. The molecule has 0 aliphatic carbocycles. The minimum absolute atomic E-state index is 0.154. The van der Waals surface area contributed by atoms with Gasteiger partial charge < -0.3 is 21.1 Å². The van der Waals surface area contributed by atoms with Gasteiger partial charge in [0.05, 0.1) is 25.0 Å². The van der Waals surface area contributed by atoms with E-state index in [1.54, 1.807) is 24.3 Å². The number of nitrogens with two attached hydrogens (primary N) is 1. The van der Waals surface area contributed by atoms with Gasteiger partial charge in [-0.2, -0.15) is 0 Å². The van der Waals surface area contributed by atoms with E-state index in [4.69, 9.17) is 10.5 Å². The molecule has 0 aromatic heterocycles. The molecule has 4 N–H and O–H groups in total. The standard InChI is InChI=1S/C18H19N3O3/c1-24-14-8-9-15(16(11-14)21-18(23)12-19)20-17(22)10-7-13-5-3-2-4-6-13/h2-11H,12,19H2,1H3,(H,20,22)(H,21,23)/b10-7+. The fourth-order valence-electron chi connectivity index (χ4n) is 1.97. The smallest absolute Gasteiger partial charge is 0.248 e. The van der Waals surface area contributed by atoms with Gasteiger partial charge in [-0.3, -0.25) is 9.59 Å². The first kappa shape index (κ1) is 17.2. The molecule has 2 aromatic rings. The van der Waals surface area contributed by atoms with E-state index in [1.807, 2.05) is 30.3 Å². The summed E-state index contributed by atoms with van der Waals surface area (Å²) in [6, 6.07) is 14.4. The monoisotopic (exact) mass is 325 g/mol. The first-order valence-corrected chi connectivity index (χ1v) is 7.34. The number of hydrogen-bond donors (Lipinski definition) is 3. The molecule has 0 saturated heterocycles. The second-order valence-corrected chi connectivity index (χ2v) is 4.90. The first-order valence-electron chi connectivity index (χ1n) is 7.34. The molecule has 2 rings (SSSR count). The second kappa shape index (κ2) is 8.50. The first-order chi connectivity index (χ1) is 11.6. The Bertz CT molecular complexity index is 742. The quantitative estimate of drug-likeness (QED) is 0.710. The van der Waals surface area contributed by atoms with Crippen molar-refractivity contribution in [3.63, 3.8) is 0 Å². The topological polar surface area (TPSA) is 93.5 Å². The minimum atomic E-state index is -0.362. The van der Waals surface area contributed by atoms with Gasteiger partial charge in [-0.05, 0) is 23.8 Å². The molecule has 0 heterocycles. The van der Waals surface area contributed by atoms with Gasteiger partial charge in [0.25, 0.3) is 0 Å². The van der Waals surface area contributed by atoms with E-state index in [1.165, 1.54) is 13.2 Å². The lowest BCUT2D eigenvalue weighted by atomic mass is 10.2. The third-order valence-electron chi connectivity index (χ3n) is 3.17. The normalized spacial score (nSPS) is 10.4. The summed E-state index contributed by atoms with van der Waals surface area (Å²) in [7, 11) is 1.52. The summed E-state index contributed by atoms with van der Waals surface area (Å²) in [6.07, 6.45) is 3.13. The minimum Gasteiger partial charge on any atom is -0.497 e. The number of benzene rings is 2. The van der Waals surface area contributed by atoms with E-state index in [2.05, 4.69) is 10.6 Å². The molecule has 6 heteroatoms. The van der Waals surface area contributed by atoms with Crippen LogP contribution in [-0.2, 0) is 9.59 Å². The number of carbonyl (C=O) groups is 2. The molecule has 0 fully saturated rings. The number of hydrogen-bond acceptors (Lipinski definition) is 4. The predicted molar refractivity (Wildman–Crippen MR) is 94.8 cm³/mol. The number of carbonyl (C=O) groups excluding carboxylic acids is 2. The SMILES string of the molecule is COc1ccc(NC(=O)/C=C/c2ccccc2)c(NC(=O)CN)c1. The highest BCUT2D eigenvalue weighted by Gasteiger charge is 2.09. The van der Waals surface area contributed by atoms with Crippen LogP contribution in [0.1, 0.15) is 5.56 Å². The number of anilines is 2. The zero-order valence-electron chi connectivity index (χ0n) is 13.3. The third-order valence-corrected chi connectivity index (χ3v) is 3.17. The summed E-state index contributed by atoms with van der Waals surface area (Å²) < 4.78 is 5.13. The van der Waals surface area contributed by atoms with E-state index < -0.39 is 0 Å². The van der Waals surface area contributed by atoms with E-state index in [9.17, 15) is 9.59 Å². The molecule has 0 radical (unpaired) electrons. The van der Waals surface area contributed by atoms with Gasteiger partial charge in [0.1, 0.15) is 5.75 Å². The van der Waals surface area contributed by atoms with Gasteiger partial charge >= 0.3 is 0 Å². The largest absolute Gasteiger partial charge is 0.497 e. The average molecular weight is 325 g/mol. The molecule has 2 amide bonds. The number of methoxy groups -OCH3 is 1. The number of ether oxygens (including phenoxy) is 1. The van der Waals surface area contributed by atoms with Crippen molar-refractivity contribution in [1.82, 2.24) is 0 Å². The maximum atomic E-state index is 12.1. The van der Waals surface area contributed by atoms with Crippen LogP contribution in [0.2, 0.25) is 0 Å². The van der Waals surface area contributed by atoms with Crippen molar-refractivity contribution in [2.24, 2.45) is 5.73 Å². The molecular weight excluding hydrogens is 306 g/mol. The zero-order valence-corrected chi connectivity index (χ0v) is 13.3.